The van der Waals surface area contributed by atoms with Crippen LogP contribution in [-0.2, 0) is 28.5 Å². The molecule has 0 aliphatic carbocycles. The highest BCUT2D eigenvalue weighted by Crippen LogP contribution is 2.37. The van der Waals surface area contributed by atoms with E-state index in [0.717, 1.165) is 81.5 Å². The molecular formula is C46H54N8O8. The zero-order valence-corrected chi connectivity index (χ0v) is 35.2. The lowest BCUT2D eigenvalue weighted by molar-refractivity contribution is -0.137. The molecule has 0 saturated carbocycles. The molecule has 4 saturated heterocycles. The molecular weight excluding hydrogens is 793 g/mol. The van der Waals surface area contributed by atoms with Crippen molar-refractivity contribution < 1.29 is 38.1 Å². The van der Waals surface area contributed by atoms with Crippen molar-refractivity contribution in [1.29, 1.82) is 0 Å². The topological polar surface area (TPSA) is 193 Å². The summed E-state index contributed by atoms with van der Waals surface area (Å²) in [5, 5.41) is 7.80. The van der Waals surface area contributed by atoms with Gasteiger partial charge in [-0.25, -0.2) is 19.6 Å². The van der Waals surface area contributed by atoms with Crippen LogP contribution in [0.25, 0.3) is 44.2 Å². The zero-order valence-electron chi connectivity index (χ0n) is 35.2. The lowest BCUT2D eigenvalue weighted by Gasteiger charge is -2.34. The third-order valence-electron chi connectivity index (χ3n) is 13.2. The van der Waals surface area contributed by atoms with Crippen LogP contribution in [-0.4, -0.2) is 120 Å². The van der Waals surface area contributed by atoms with Crippen LogP contribution >= 0.6 is 0 Å². The Morgan fingerprint density at radius 2 is 1.18 bits per heavy atom. The van der Waals surface area contributed by atoms with Crippen LogP contribution in [0.5, 0.6) is 0 Å². The molecule has 0 bridgehead atoms. The maximum absolute atomic E-state index is 14.1. The SMILES string of the molecule is COC(=O)NC(C(=O)N1CCC[C@H]1c1ncc(-c2ccc3cc(-c4ccc5nc([C@@H]6CCCN6C(=O)C(NC(=O)OC)C6CCOCC6)[nH]c5c4)ccc3c2)[nH]1)C1CCOCC1. The second kappa shape index (κ2) is 18.2. The Balaban J connectivity index is 0.900. The third kappa shape index (κ3) is 8.45. The molecule has 4 fully saturated rings. The molecule has 326 valence electrons. The fourth-order valence-corrected chi connectivity index (χ4v) is 9.83. The predicted octanol–water partition coefficient (Wildman–Crippen LogP) is 6.40. The number of hydrogen-bond donors (Lipinski definition) is 4. The lowest BCUT2D eigenvalue weighted by Crippen LogP contribution is -2.53. The molecule has 6 heterocycles. The molecule has 5 aromatic rings. The standard InChI is InChI=1S/C46H54N8O8/c1-59-45(57)51-39(27-13-19-61-20-14-27)43(55)53-17-3-5-37(53)41-47-26-36(50-41)33-10-9-29-23-30(7-8-31(29)24-33)32-11-12-34-35(25-32)49-42(48-34)38-6-4-18-54(38)44(56)40(52-46(58)60-2)28-15-21-62-22-16-28/h7-12,23-28,37-40H,3-6,13-22H2,1-2H3,(H,47,50)(H,48,49)(H,51,57)(H,52,58)/t37-,38-,39?,40?/m0/s1. The minimum atomic E-state index is -0.691. The number of fused-ring (bicyclic) bond motifs is 2. The predicted molar refractivity (Wildman–Crippen MR) is 230 cm³/mol. The number of aromatic nitrogens is 4. The van der Waals surface area contributed by atoms with Crippen molar-refractivity contribution >= 4 is 45.8 Å². The van der Waals surface area contributed by atoms with Crippen molar-refractivity contribution in [3.05, 3.63) is 72.4 Å². The van der Waals surface area contributed by atoms with E-state index >= 15 is 0 Å². The molecule has 4 N–H and O–H groups in total. The largest absolute Gasteiger partial charge is 0.453 e. The maximum atomic E-state index is 14.1. The summed E-state index contributed by atoms with van der Waals surface area (Å²) in [4.78, 5) is 73.2. The number of likely N-dealkylation sites (tertiary alicyclic amines) is 2. The van der Waals surface area contributed by atoms with Gasteiger partial charge in [-0.3, -0.25) is 9.59 Å². The number of ether oxygens (including phenoxy) is 4. The highest BCUT2D eigenvalue weighted by molar-refractivity contribution is 5.92. The molecule has 0 spiro atoms. The van der Waals surface area contributed by atoms with Gasteiger partial charge in [0.25, 0.3) is 0 Å². The lowest BCUT2D eigenvalue weighted by atomic mass is 9.90. The minimum absolute atomic E-state index is 0.0319. The van der Waals surface area contributed by atoms with Crippen molar-refractivity contribution in [1.82, 2.24) is 40.4 Å². The normalized spacial score (nSPS) is 20.9. The van der Waals surface area contributed by atoms with E-state index in [4.69, 9.17) is 28.9 Å². The van der Waals surface area contributed by atoms with Crippen molar-refractivity contribution in [2.75, 3.05) is 53.7 Å². The number of amides is 4. The average molecular weight is 847 g/mol. The van der Waals surface area contributed by atoms with Crippen LogP contribution in [0.1, 0.15) is 75.1 Å². The Kier molecular flexibility index (Phi) is 12.1. The van der Waals surface area contributed by atoms with Crippen molar-refractivity contribution in [3.63, 3.8) is 0 Å². The van der Waals surface area contributed by atoms with Gasteiger partial charge < -0.3 is 49.3 Å². The summed E-state index contributed by atoms with van der Waals surface area (Å²) in [6.07, 6.45) is 6.59. The number of rotatable bonds is 10. The fourth-order valence-electron chi connectivity index (χ4n) is 9.83. The van der Waals surface area contributed by atoms with Crippen molar-refractivity contribution in [3.8, 4) is 22.4 Å². The molecule has 62 heavy (non-hydrogen) atoms. The quantitative estimate of drug-likeness (QED) is 0.122. The van der Waals surface area contributed by atoms with Gasteiger partial charge in [0.15, 0.2) is 0 Å². The van der Waals surface area contributed by atoms with E-state index in [1.807, 2.05) is 22.1 Å². The fraction of sp³-hybridized carbons (Fsp3) is 0.478. The number of aromatic amines is 2. The van der Waals surface area contributed by atoms with Crippen LogP contribution in [0.2, 0.25) is 0 Å². The monoisotopic (exact) mass is 846 g/mol. The molecule has 2 aromatic heterocycles. The Hall–Kier alpha value is -6.00. The molecule has 4 amide bonds. The van der Waals surface area contributed by atoms with E-state index in [0.29, 0.717) is 65.2 Å². The van der Waals surface area contributed by atoms with E-state index in [2.05, 4.69) is 69.1 Å². The summed E-state index contributed by atoms with van der Waals surface area (Å²) >= 11 is 0. The average Bonchev–Trinajstić information content (AvgIpc) is 4.16. The van der Waals surface area contributed by atoms with E-state index < -0.39 is 24.3 Å². The van der Waals surface area contributed by atoms with Gasteiger partial charge in [0.05, 0.1) is 49.2 Å². The van der Waals surface area contributed by atoms with Gasteiger partial charge in [-0.1, -0.05) is 30.3 Å². The van der Waals surface area contributed by atoms with Crippen molar-refractivity contribution in [2.24, 2.45) is 11.8 Å². The molecule has 4 aliphatic rings. The number of alkyl carbamates (subject to hydrolysis) is 2. The van der Waals surface area contributed by atoms with Crippen molar-refractivity contribution in [2.45, 2.75) is 75.5 Å². The first-order valence-corrected chi connectivity index (χ1v) is 21.8. The first-order valence-electron chi connectivity index (χ1n) is 21.8. The molecule has 4 aliphatic heterocycles. The number of imidazole rings is 2. The van der Waals surface area contributed by atoms with Gasteiger partial charge in [-0.15, -0.1) is 0 Å². The molecule has 2 unspecified atom stereocenters. The summed E-state index contributed by atoms with van der Waals surface area (Å²) in [6.45, 7) is 3.40. The number of carbonyl (C=O) groups is 4. The van der Waals surface area contributed by atoms with Crippen LogP contribution in [0.15, 0.2) is 60.8 Å². The van der Waals surface area contributed by atoms with Gasteiger partial charge in [0.1, 0.15) is 23.7 Å². The van der Waals surface area contributed by atoms with Gasteiger partial charge in [0, 0.05) is 45.1 Å². The van der Waals surface area contributed by atoms with Crippen LogP contribution < -0.4 is 10.6 Å². The molecule has 16 nitrogen and oxygen atoms in total. The summed E-state index contributed by atoms with van der Waals surface area (Å²) in [6, 6.07) is 17.1. The molecule has 3 aromatic carbocycles. The number of nitrogens with one attached hydrogen (secondary N) is 4. The first-order chi connectivity index (χ1) is 30.3. The van der Waals surface area contributed by atoms with Gasteiger partial charge in [-0.05, 0) is 109 Å². The Morgan fingerprint density at radius 1 is 0.661 bits per heavy atom. The number of carbonyl (C=O) groups excluding carboxylic acids is 4. The number of hydrogen-bond acceptors (Lipinski definition) is 10. The smallest absolute Gasteiger partial charge is 0.407 e. The molecule has 0 radical (unpaired) electrons. The number of H-pyrrole nitrogens is 2. The molecule has 9 rings (SSSR count). The van der Waals surface area contributed by atoms with Gasteiger partial charge in [-0.2, -0.15) is 0 Å². The van der Waals surface area contributed by atoms with E-state index in [1.165, 1.54) is 14.2 Å². The van der Waals surface area contributed by atoms with Gasteiger partial charge in [0.2, 0.25) is 11.8 Å². The van der Waals surface area contributed by atoms with Crippen LogP contribution in [0.4, 0.5) is 9.59 Å². The van der Waals surface area contributed by atoms with Gasteiger partial charge >= 0.3 is 12.2 Å². The number of nitrogens with zero attached hydrogens (tertiary/aromatic N) is 4. The number of methoxy groups -OCH3 is 2. The van der Waals surface area contributed by atoms with E-state index in [-0.39, 0.29) is 35.7 Å². The summed E-state index contributed by atoms with van der Waals surface area (Å²) < 4.78 is 20.8. The van der Waals surface area contributed by atoms with Crippen LogP contribution in [0.3, 0.4) is 0 Å². The summed E-state index contributed by atoms with van der Waals surface area (Å²) in [5.74, 6) is 1.17. The maximum Gasteiger partial charge on any atom is 0.407 e. The van der Waals surface area contributed by atoms with Crippen LogP contribution in [0, 0.1) is 11.8 Å². The number of benzene rings is 3. The summed E-state index contributed by atoms with van der Waals surface area (Å²) in [7, 11) is 2.62. The van der Waals surface area contributed by atoms with E-state index in [1.54, 1.807) is 0 Å². The van der Waals surface area contributed by atoms with E-state index in [9.17, 15) is 19.2 Å². The molecule has 16 heteroatoms. The Morgan fingerprint density at radius 3 is 1.76 bits per heavy atom. The Bertz CT molecular complexity index is 2440. The summed E-state index contributed by atoms with van der Waals surface area (Å²) in [5.41, 5.74) is 5.65. The minimum Gasteiger partial charge on any atom is -0.453 e. The zero-order chi connectivity index (χ0) is 42.7. The third-order valence-corrected chi connectivity index (χ3v) is 13.2. The molecule has 4 atom stereocenters. The Labute approximate surface area is 359 Å². The first kappa shape index (κ1) is 41.4. The highest BCUT2D eigenvalue weighted by Gasteiger charge is 2.42. The second-order valence-electron chi connectivity index (χ2n) is 16.8. The second-order valence-corrected chi connectivity index (χ2v) is 16.8. The highest BCUT2D eigenvalue weighted by atomic mass is 16.5.